The van der Waals surface area contributed by atoms with Crippen LogP contribution in [0.15, 0.2) is 18.2 Å². The Morgan fingerprint density at radius 1 is 1.41 bits per heavy atom. The van der Waals surface area contributed by atoms with Crippen molar-refractivity contribution in [2.24, 2.45) is 5.92 Å². The standard InChI is InChI=1S/C15H20ClN3O3/c1-10(2)15(20)17-11-5-7-18(8-6-11)14-4-3-12(19(21)22)9-13(14)16/h3-4,9-11H,5-8H2,1-2H3,(H,17,20). The van der Waals surface area contributed by atoms with Crippen LogP contribution in [0.1, 0.15) is 26.7 Å². The zero-order valence-corrected chi connectivity index (χ0v) is 13.5. The molecule has 1 heterocycles. The van der Waals surface area contributed by atoms with E-state index in [4.69, 9.17) is 11.6 Å². The number of halogens is 1. The number of benzene rings is 1. The van der Waals surface area contributed by atoms with E-state index in [0.717, 1.165) is 31.6 Å². The van der Waals surface area contributed by atoms with Crippen LogP contribution in [0.4, 0.5) is 11.4 Å². The van der Waals surface area contributed by atoms with E-state index in [1.165, 1.54) is 12.1 Å². The van der Waals surface area contributed by atoms with Crippen LogP contribution in [-0.2, 0) is 4.79 Å². The highest BCUT2D eigenvalue weighted by atomic mass is 35.5. The number of carbonyl (C=O) groups is 1. The molecule has 1 saturated heterocycles. The summed E-state index contributed by atoms with van der Waals surface area (Å²) in [4.78, 5) is 24.1. The van der Waals surface area contributed by atoms with Gasteiger partial charge in [-0.15, -0.1) is 0 Å². The summed E-state index contributed by atoms with van der Waals surface area (Å²) in [6.07, 6.45) is 1.68. The van der Waals surface area contributed by atoms with E-state index < -0.39 is 4.92 Å². The van der Waals surface area contributed by atoms with Gasteiger partial charge in [0.1, 0.15) is 0 Å². The molecule has 0 radical (unpaired) electrons. The third kappa shape index (κ3) is 3.88. The molecule has 0 atom stereocenters. The first-order valence-corrected chi connectivity index (χ1v) is 7.75. The van der Waals surface area contributed by atoms with Gasteiger partial charge in [0.15, 0.2) is 0 Å². The van der Waals surface area contributed by atoms with Gasteiger partial charge in [0, 0.05) is 37.2 Å². The van der Waals surface area contributed by atoms with Crippen molar-refractivity contribution in [2.45, 2.75) is 32.7 Å². The fourth-order valence-corrected chi connectivity index (χ4v) is 2.79. The second kappa shape index (κ2) is 6.96. The van der Waals surface area contributed by atoms with Gasteiger partial charge in [0.2, 0.25) is 5.91 Å². The smallest absolute Gasteiger partial charge is 0.271 e. The highest BCUT2D eigenvalue weighted by Crippen LogP contribution is 2.31. The summed E-state index contributed by atoms with van der Waals surface area (Å²) < 4.78 is 0. The Morgan fingerprint density at radius 2 is 2.05 bits per heavy atom. The number of nitro benzene ring substituents is 1. The van der Waals surface area contributed by atoms with E-state index in [2.05, 4.69) is 10.2 Å². The number of nitrogens with one attached hydrogen (secondary N) is 1. The number of anilines is 1. The molecule has 6 nitrogen and oxygen atoms in total. The molecule has 1 amide bonds. The Labute approximate surface area is 134 Å². The highest BCUT2D eigenvalue weighted by molar-refractivity contribution is 6.33. The van der Waals surface area contributed by atoms with Crippen LogP contribution in [0, 0.1) is 16.0 Å². The van der Waals surface area contributed by atoms with Crippen molar-refractivity contribution in [3.8, 4) is 0 Å². The van der Waals surface area contributed by atoms with Crippen molar-refractivity contribution >= 4 is 28.9 Å². The number of non-ortho nitro benzene ring substituents is 1. The van der Waals surface area contributed by atoms with Crippen LogP contribution in [0.25, 0.3) is 0 Å². The number of amides is 1. The molecule has 0 spiro atoms. The Morgan fingerprint density at radius 3 is 2.55 bits per heavy atom. The minimum Gasteiger partial charge on any atom is -0.370 e. The first kappa shape index (κ1) is 16.5. The normalized spacial score (nSPS) is 15.9. The molecule has 1 fully saturated rings. The Hall–Kier alpha value is -1.82. The summed E-state index contributed by atoms with van der Waals surface area (Å²) in [6.45, 7) is 5.28. The molecule has 7 heteroatoms. The Balaban J connectivity index is 1.97. The molecular weight excluding hydrogens is 306 g/mol. The molecule has 0 saturated carbocycles. The van der Waals surface area contributed by atoms with E-state index in [0.29, 0.717) is 5.02 Å². The lowest BCUT2D eigenvalue weighted by Gasteiger charge is -2.34. The first-order valence-electron chi connectivity index (χ1n) is 7.37. The van der Waals surface area contributed by atoms with Gasteiger partial charge in [-0.3, -0.25) is 14.9 Å². The van der Waals surface area contributed by atoms with Gasteiger partial charge in [-0.2, -0.15) is 0 Å². The zero-order valence-electron chi connectivity index (χ0n) is 12.7. The van der Waals surface area contributed by atoms with Gasteiger partial charge in [-0.1, -0.05) is 25.4 Å². The van der Waals surface area contributed by atoms with Crippen LogP contribution in [0.3, 0.4) is 0 Å². The molecule has 1 aromatic rings. The number of hydrogen-bond acceptors (Lipinski definition) is 4. The minimum atomic E-state index is -0.455. The molecule has 1 aromatic carbocycles. The fraction of sp³-hybridized carbons (Fsp3) is 0.533. The van der Waals surface area contributed by atoms with E-state index in [1.54, 1.807) is 6.07 Å². The van der Waals surface area contributed by atoms with E-state index >= 15 is 0 Å². The first-order chi connectivity index (χ1) is 10.4. The maximum atomic E-state index is 11.7. The molecular formula is C15H20ClN3O3. The molecule has 2 rings (SSSR count). The fourth-order valence-electron chi connectivity index (χ4n) is 2.50. The van der Waals surface area contributed by atoms with Crippen LogP contribution in [-0.4, -0.2) is 30.0 Å². The van der Waals surface area contributed by atoms with Crippen molar-refractivity contribution in [2.75, 3.05) is 18.0 Å². The van der Waals surface area contributed by atoms with E-state index in [1.807, 2.05) is 13.8 Å². The van der Waals surface area contributed by atoms with Crippen LogP contribution in [0.5, 0.6) is 0 Å². The van der Waals surface area contributed by atoms with Crippen molar-refractivity contribution in [1.82, 2.24) is 5.32 Å². The lowest BCUT2D eigenvalue weighted by molar-refractivity contribution is -0.384. The van der Waals surface area contributed by atoms with Crippen LogP contribution in [0.2, 0.25) is 5.02 Å². The molecule has 0 aliphatic carbocycles. The third-order valence-corrected chi connectivity index (χ3v) is 4.15. The summed E-state index contributed by atoms with van der Waals surface area (Å²) >= 11 is 6.15. The molecule has 1 N–H and O–H groups in total. The molecule has 1 aliphatic heterocycles. The van der Waals surface area contributed by atoms with Crippen molar-refractivity contribution in [3.63, 3.8) is 0 Å². The maximum Gasteiger partial charge on any atom is 0.271 e. The number of nitro groups is 1. The number of carbonyl (C=O) groups excluding carboxylic acids is 1. The second-order valence-corrected chi connectivity index (χ2v) is 6.22. The van der Waals surface area contributed by atoms with Gasteiger partial charge in [-0.05, 0) is 18.9 Å². The highest BCUT2D eigenvalue weighted by Gasteiger charge is 2.23. The van der Waals surface area contributed by atoms with E-state index in [9.17, 15) is 14.9 Å². The lowest BCUT2D eigenvalue weighted by Crippen LogP contribution is -2.45. The van der Waals surface area contributed by atoms with Crippen molar-refractivity contribution < 1.29 is 9.72 Å². The van der Waals surface area contributed by atoms with Crippen molar-refractivity contribution in [1.29, 1.82) is 0 Å². The summed E-state index contributed by atoms with van der Waals surface area (Å²) in [5.41, 5.74) is 0.800. The summed E-state index contributed by atoms with van der Waals surface area (Å²) in [7, 11) is 0. The summed E-state index contributed by atoms with van der Waals surface area (Å²) in [6, 6.07) is 4.72. The third-order valence-electron chi connectivity index (χ3n) is 3.85. The van der Waals surface area contributed by atoms with Crippen molar-refractivity contribution in [3.05, 3.63) is 33.3 Å². The molecule has 0 bridgehead atoms. The van der Waals surface area contributed by atoms with Crippen LogP contribution >= 0.6 is 11.6 Å². The molecule has 1 aliphatic rings. The predicted octanol–water partition coefficient (Wildman–Crippen LogP) is 2.99. The average molecular weight is 326 g/mol. The van der Waals surface area contributed by atoms with Gasteiger partial charge < -0.3 is 10.2 Å². The molecule has 120 valence electrons. The molecule has 22 heavy (non-hydrogen) atoms. The number of nitrogens with zero attached hydrogens (tertiary/aromatic N) is 2. The quantitative estimate of drug-likeness (QED) is 0.682. The van der Waals surface area contributed by atoms with E-state index in [-0.39, 0.29) is 23.6 Å². The Kier molecular flexibility index (Phi) is 5.24. The number of rotatable bonds is 4. The largest absolute Gasteiger partial charge is 0.370 e. The minimum absolute atomic E-state index is 0.00664. The van der Waals surface area contributed by atoms with Gasteiger partial charge in [-0.25, -0.2) is 0 Å². The lowest BCUT2D eigenvalue weighted by atomic mass is 10.0. The average Bonchev–Trinajstić information content (AvgIpc) is 2.48. The second-order valence-electron chi connectivity index (χ2n) is 5.82. The summed E-state index contributed by atoms with van der Waals surface area (Å²) in [5.74, 6) is 0.0639. The monoisotopic (exact) mass is 325 g/mol. The SMILES string of the molecule is CC(C)C(=O)NC1CCN(c2ccc([N+](=O)[O-])cc2Cl)CC1. The Bertz CT molecular complexity index is 569. The topological polar surface area (TPSA) is 75.5 Å². The molecule has 0 unspecified atom stereocenters. The van der Waals surface area contributed by atoms with Crippen LogP contribution < -0.4 is 10.2 Å². The number of hydrogen-bond donors (Lipinski definition) is 1. The zero-order chi connectivity index (χ0) is 16.3. The maximum absolute atomic E-state index is 11.7. The molecule has 0 aromatic heterocycles. The van der Waals surface area contributed by atoms with Gasteiger partial charge >= 0.3 is 0 Å². The van der Waals surface area contributed by atoms with Gasteiger partial charge in [0.25, 0.3) is 5.69 Å². The number of piperidine rings is 1. The summed E-state index contributed by atoms with van der Waals surface area (Å²) in [5, 5.41) is 14.2. The van der Waals surface area contributed by atoms with Gasteiger partial charge in [0.05, 0.1) is 15.6 Å². The predicted molar refractivity (Wildman–Crippen MR) is 86.3 cm³/mol.